The number of carbonyl (C=O) groups excluding carboxylic acids is 1. The van der Waals surface area contributed by atoms with Gasteiger partial charge >= 0.3 is 0 Å². The summed E-state index contributed by atoms with van der Waals surface area (Å²) in [7, 11) is 3.77. The number of rotatable bonds is 1. The number of nitrogens with zero attached hydrogens (tertiary/aromatic N) is 3. The molecular formula is C9H14N4O. The lowest BCUT2D eigenvalue weighted by Gasteiger charge is -2.35. The van der Waals surface area contributed by atoms with Crippen LogP contribution in [0.5, 0.6) is 0 Å². The fourth-order valence-electron chi connectivity index (χ4n) is 1.70. The summed E-state index contributed by atoms with van der Waals surface area (Å²) in [5.41, 5.74) is 0. The second kappa shape index (κ2) is 3.42. The lowest BCUT2D eigenvalue weighted by Crippen LogP contribution is -2.49. The predicted octanol–water partition coefficient (Wildman–Crippen LogP) is -0.145. The van der Waals surface area contributed by atoms with Crippen LogP contribution >= 0.6 is 0 Å². The van der Waals surface area contributed by atoms with E-state index in [1.165, 1.54) is 0 Å². The summed E-state index contributed by atoms with van der Waals surface area (Å²) in [6.45, 7) is 1.67. The van der Waals surface area contributed by atoms with E-state index in [1.54, 1.807) is 17.3 Å². The largest absolute Gasteiger partial charge is 0.347 e. The number of nitrogens with one attached hydrogen (secondary N) is 1. The van der Waals surface area contributed by atoms with E-state index in [0.717, 1.165) is 18.9 Å². The van der Waals surface area contributed by atoms with Crippen molar-refractivity contribution in [1.82, 2.24) is 19.8 Å². The summed E-state index contributed by atoms with van der Waals surface area (Å²) < 4.78 is 0. The molecule has 1 atom stereocenters. The van der Waals surface area contributed by atoms with Crippen molar-refractivity contribution in [2.75, 3.05) is 27.2 Å². The van der Waals surface area contributed by atoms with E-state index in [1.807, 2.05) is 19.0 Å². The average molecular weight is 194 g/mol. The van der Waals surface area contributed by atoms with E-state index < -0.39 is 0 Å². The first-order valence-electron chi connectivity index (χ1n) is 4.64. The van der Waals surface area contributed by atoms with Crippen LogP contribution in [0.4, 0.5) is 0 Å². The maximum Gasteiger partial charge on any atom is 0.247 e. The minimum atomic E-state index is -0.247. The minimum absolute atomic E-state index is 0.105. The Labute approximate surface area is 82.7 Å². The smallest absolute Gasteiger partial charge is 0.247 e. The molecular weight excluding hydrogens is 180 g/mol. The molecule has 2 heterocycles. The molecule has 0 aliphatic carbocycles. The van der Waals surface area contributed by atoms with Crippen LogP contribution in [0.15, 0.2) is 12.4 Å². The number of amides is 1. The van der Waals surface area contributed by atoms with E-state index in [2.05, 4.69) is 9.97 Å². The highest BCUT2D eigenvalue weighted by Crippen LogP contribution is 2.21. The Bertz CT molecular complexity index is 322. The summed E-state index contributed by atoms with van der Waals surface area (Å²) in [5, 5.41) is 0. The van der Waals surface area contributed by atoms with Gasteiger partial charge < -0.3 is 9.88 Å². The Balaban J connectivity index is 2.27. The van der Waals surface area contributed by atoms with Crippen LogP contribution in [0, 0.1) is 0 Å². The molecule has 76 valence electrons. The number of hydrogen-bond donors (Lipinski definition) is 1. The molecule has 0 radical (unpaired) electrons. The molecule has 1 saturated heterocycles. The first-order chi connectivity index (χ1) is 6.70. The highest BCUT2D eigenvalue weighted by molar-refractivity contribution is 5.82. The van der Waals surface area contributed by atoms with Gasteiger partial charge in [-0.15, -0.1) is 0 Å². The first-order valence-corrected chi connectivity index (χ1v) is 4.64. The lowest BCUT2D eigenvalue weighted by molar-refractivity contribution is -0.139. The molecule has 0 spiro atoms. The average Bonchev–Trinajstić information content (AvgIpc) is 2.65. The van der Waals surface area contributed by atoms with Gasteiger partial charge in [-0.3, -0.25) is 9.69 Å². The van der Waals surface area contributed by atoms with Crippen molar-refractivity contribution in [1.29, 1.82) is 0 Å². The maximum absolute atomic E-state index is 11.9. The number of H-pyrrole nitrogens is 1. The minimum Gasteiger partial charge on any atom is -0.347 e. The van der Waals surface area contributed by atoms with E-state index in [0.29, 0.717) is 0 Å². The van der Waals surface area contributed by atoms with Gasteiger partial charge in [-0.2, -0.15) is 0 Å². The van der Waals surface area contributed by atoms with E-state index >= 15 is 0 Å². The summed E-state index contributed by atoms with van der Waals surface area (Å²) in [6.07, 6.45) is 3.41. The van der Waals surface area contributed by atoms with E-state index in [-0.39, 0.29) is 11.9 Å². The third-order valence-electron chi connectivity index (χ3n) is 2.62. The molecule has 5 nitrogen and oxygen atoms in total. The van der Waals surface area contributed by atoms with Gasteiger partial charge in [0.25, 0.3) is 0 Å². The zero-order valence-corrected chi connectivity index (χ0v) is 8.40. The monoisotopic (exact) mass is 194 g/mol. The zero-order chi connectivity index (χ0) is 10.1. The van der Waals surface area contributed by atoms with Crippen molar-refractivity contribution in [2.45, 2.75) is 6.04 Å². The lowest BCUT2D eigenvalue weighted by atomic mass is 10.1. The van der Waals surface area contributed by atoms with Gasteiger partial charge in [-0.1, -0.05) is 0 Å². The molecule has 1 aromatic heterocycles. The Morgan fingerprint density at radius 1 is 1.50 bits per heavy atom. The van der Waals surface area contributed by atoms with Crippen LogP contribution in [-0.4, -0.2) is 52.9 Å². The number of carbonyl (C=O) groups is 1. The standard InChI is InChI=1S/C9H14N4O/c1-12-5-6-13(2)9(14)7(12)8-10-3-4-11-8/h3-4,7H,5-6H2,1-2H3,(H,10,11). The van der Waals surface area contributed by atoms with Crippen molar-refractivity contribution in [2.24, 2.45) is 0 Å². The number of likely N-dealkylation sites (N-methyl/N-ethyl adjacent to an activating group) is 2. The number of aromatic amines is 1. The third-order valence-corrected chi connectivity index (χ3v) is 2.62. The topological polar surface area (TPSA) is 52.2 Å². The van der Waals surface area contributed by atoms with Gasteiger partial charge in [0, 0.05) is 32.5 Å². The molecule has 2 rings (SSSR count). The summed E-state index contributed by atoms with van der Waals surface area (Å²) in [6, 6.07) is -0.247. The number of hydrogen-bond acceptors (Lipinski definition) is 3. The highest BCUT2D eigenvalue weighted by atomic mass is 16.2. The Kier molecular flexibility index (Phi) is 2.25. The second-order valence-electron chi connectivity index (χ2n) is 3.62. The Morgan fingerprint density at radius 2 is 2.29 bits per heavy atom. The number of piperazine rings is 1. The molecule has 5 heteroatoms. The molecule has 0 saturated carbocycles. The summed E-state index contributed by atoms with van der Waals surface area (Å²) in [4.78, 5) is 22.7. The van der Waals surface area contributed by atoms with Crippen molar-refractivity contribution in [3.05, 3.63) is 18.2 Å². The van der Waals surface area contributed by atoms with Crippen molar-refractivity contribution < 1.29 is 4.79 Å². The quantitative estimate of drug-likeness (QED) is 0.676. The third kappa shape index (κ3) is 1.39. The van der Waals surface area contributed by atoms with Crippen LogP contribution in [0.25, 0.3) is 0 Å². The van der Waals surface area contributed by atoms with Crippen molar-refractivity contribution in [3.8, 4) is 0 Å². The van der Waals surface area contributed by atoms with Gasteiger partial charge in [0.15, 0.2) is 0 Å². The normalized spacial score (nSPS) is 24.3. The zero-order valence-electron chi connectivity index (χ0n) is 8.40. The van der Waals surface area contributed by atoms with Crippen LogP contribution in [0.1, 0.15) is 11.9 Å². The van der Waals surface area contributed by atoms with Gasteiger partial charge in [0.1, 0.15) is 11.9 Å². The Hall–Kier alpha value is -1.36. The fraction of sp³-hybridized carbons (Fsp3) is 0.556. The Morgan fingerprint density at radius 3 is 2.93 bits per heavy atom. The molecule has 1 aliphatic heterocycles. The van der Waals surface area contributed by atoms with Crippen molar-refractivity contribution >= 4 is 5.91 Å². The van der Waals surface area contributed by atoms with E-state index in [4.69, 9.17) is 0 Å². The van der Waals surface area contributed by atoms with Crippen LogP contribution < -0.4 is 0 Å². The summed E-state index contributed by atoms with van der Waals surface area (Å²) >= 11 is 0. The van der Waals surface area contributed by atoms with E-state index in [9.17, 15) is 4.79 Å². The SMILES string of the molecule is CN1CCN(C)C(c2ncc[nH]2)C1=O. The molecule has 0 bridgehead atoms. The molecule has 0 aromatic carbocycles. The van der Waals surface area contributed by atoms with Crippen LogP contribution in [0.3, 0.4) is 0 Å². The molecule has 1 aliphatic rings. The highest BCUT2D eigenvalue weighted by Gasteiger charge is 2.33. The van der Waals surface area contributed by atoms with Gasteiger partial charge in [-0.05, 0) is 7.05 Å². The second-order valence-corrected chi connectivity index (χ2v) is 3.62. The fourth-order valence-corrected chi connectivity index (χ4v) is 1.70. The molecule has 1 N–H and O–H groups in total. The van der Waals surface area contributed by atoms with Gasteiger partial charge in [0.2, 0.25) is 5.91 Å². The molecule has 14 heavy (non-hydrogen) atoms. The van der Waals surface area contributed by atoms with Gasteiger partial charge in [0.05, 0.1) is 0 Å². The predicted molar refractivity (Wildman–Crippen MR) is 51.6 cm³/mol. The van der Waals surface area contributed by atoms with Crippen LogP contribution in [0.2, 0.25) is 0 Å². The maximum atomic E-state index is 11.9. The molecule has 1 unspecified atom stereocenters. The van der Waals surface area contributed by atoms with Crippen molar-refractivity contribution in [3.63, 3.8) is 0 Å². The summed E-state index contributed by atoms with van der Waals surface area (Å²) in [5.74, 6) is 0.831. The first kappa shape index (κ1) is 9.21. The van der Waals surface area contributed by atoms with Crippen LogP contribution in [-0.2, 0) is 4.79 Å². The molecule has 1 amide bonds. The van der Waals surface area contributed by atoms with Gasteiger partial charge in [-0.25, -0.2) is 4.98 Å². The number of imidazole rings is 1. The molecule has 1 fully saturated rings. The number of aromatic nitrogens is 2. The molecule has 1 aromatic rings.